The van der Waals surface area contributed by atoms with Crippen LogP contribution in [0.5, 0.6) is 0 Å². The summed E-state index contributed by atoms with van der Waals surface area (Å²) in [5.41, 5.74) is 2.30. The number of esters is 1. The van der Waals surface area contributed by atoms with E-state index >= 15 is 0 Å². The normalized spacial score (nSPS) is 21.7. The van der Waals surface area contributed by atoms with E-state index in [-0.39, 0.29) is 29.7 Å². The number of carbonyl (C=O) groups excluding carboxylic acids is 1. The smallest absolute Gasteiger partial charge is 0.316 e. The molecule has 0 spiro atoms. The number of benzene rings is 1. The van der Waals surface area contributed by atoms with Crippen molar-refractivity contribution in [1.82, 2.24) is 24.3 Å². The SMILES string of the molecule is CCOC(=O)[C@]12Cc3cnn(-c4ccc(F)cc4)c3C=C1CC[C@H](NS(=O)(=O)c1cnn(C)c1)C2. The Morgan fingerprint density at radius 3 is 2.71 bits per heavy atom. The van der Waals surface area contributed by atoms with E-state index in [0.29, 0.717) is 24.9 Å². The predicted octanol–water partition coefficient (Wildman–Crippen LogP) is 2.76. The summed E-state index contributed by atoms with van der Waals surface area (Å²) in [6, 6.07) is 5.61. The number of halogens is 1. The Kier molecular flexibility index (Phi) is 5.84. The van der Waals surface area contributed by atoms with Crippen molar-refractivity contribution in [2.45, 2.75) is 43.5 Å². The Morgan fingerprint density at radius 1 is 1.26 bits per heavy atom. The molecular weight excluding hydrogens is 473 g/mol. The van der Waals surface area contributed by atoms with Crippen LogP contribution in [0.3, 0.4) is 0 Å². The molecule has 3 aromatic rings. The van der Waals surface area contributed by atoms with E-state index in [1.54, 1.807) is 37.0 Å². The second-order valence-electron chi connectivity index (χ2n) is 9.00. The van der Waals surface area contributed by atoms with Gasteiger partial charge in [0.25, 0.3) is 0 Å². The maximum absolute atomic E-state index is 13.4. The van der Waals surface area contributed by atoms with Crippen molar-refractivity contribution in [3.8, 4) is 5.69 Å². The Bertz CT molecular complexity index is 1410. The minimum atomic E-state index is -3.79. The predicted molar refractivity (Wildman–Crippen MR) is 125 cm³/mol. The summed E-state index contributed by atoms with van der Waals surface area (Å²) < 4.78 is 50.7. The minimum absolute atomic E-state index is 0.0815. The molecule has 2 aliphatic rings. The highest BCUT2D eigenvalue weighted by Gasteiger charge is 2.50. The Labute approximate surface area is 202 Å². The lowest BCUT2D eigenvalue weighted by molar-refractivity contribution is -0.154. The third kappa shape index (κ3) is 4.19. The summed E-state index contributed by atoms with van der Waals surface area (Å²) in [4.78, 5) is 13.4. The number of aryl methyl sites for hydroxylation is 1. The lowest BCUT2D eigenvalue weighted by atomic mass is 9.63. The Morgan fingerprint density at radius 2 is 2.03 bits per heavy atom. The van der Waals surface area contributed by atoms with Gasteiger partial charge in [-0.2, -0.15) is 10.2 Å². The van der Waals surface area contributed by atoms with E-state index in [9.17, 15) is 17.6 Å². The van der Waals surface area contributed by atoms with Gasteiger partial charge < -0.3 is 4.74 Å². The Balaban J connectivity index is 1.48. The molecule has 2 heterocycles. The number of sulfonamides is 1. The fraction of sp³-hybridized carbons (Fsp3) is 0.375. The zero-order valence-corrected chi connectivity index (χ0v) is 20.3. The molecule has 2 aromatic heterocycles. The molecule has 1 aromatic carbocycles. The maximum atomic E-state index is 13.4. The number of hydrogen-bond acceptors (Lipinski definition) is 6. The van der Waals surface area contributed by atoms with E-state index in [4.69, 9.17) is 4.74 Å². The quantitative estimate of drug-likeness (QED) is 0.523. The highest BCUT2D eigenvalue weighted by Crippen LogP contribution is 2.49. The number of carbonyl (C=O) groups is 1. The first kappa shape index (κ1) is 23.4. The molecule has 1 N–H and O–H groups in total. The van der Waals surface area contributed by atoms with E-state index < -0.39 is 21.5 Å². The summed E-state index contributed by atoms with van der Waals surface area (Å²) in [6.45, 7) is 1.98. The lowest BCUT2D eigenvalue weighted by Gasteiger charge is -2.43. The van der Waals surface area contributed by atoms with Gasteiger partial charge in [0.2, 0.25) is 10.0 Å². The largest absolute Gasteiger partial charge is 0.465 e. The Hall–Kier alpha value is -3.31. The zero-order valence-electron chi connectivity index (χ0n) is 19.4. The average molecular weight is 500 g/mol. The molecule has 0 radical (unpaired) electrons. The third-order valence-corrected chi connectivity index (χ3v) is 8.19. The molecule has 184 valence electrons. The van der Waals surface area contributed by atoms with E-state index in [1.807, 2.05) is 6.08 Å². The molecule has 9 nitrogen and oxygen atoms in total. The molecule has 11 heteroatoms. The number of rotatable bonds is 6. The van der Waals surface area contributed by atoms with Gasteiger partial charge in [-0.1, -0.05) is 5.57 Å². The molecule has 0 saturated heterocycles. The number of hydrogen-bond donors (Lipinski definition) is 1. The van der Waals surface area contributed by atoms with Crippen LogP contribution in [0.25, 0.3) is 11.8 Å². The van der Waals surface area contributed by atoms with Crippen molar-refractivity contribution in [2.24, 2.45) is 12.5 Å². The molecule has 2 aliphatic carbocycles. The maximum Gasteiger partial charge on any atom is 0.316 e. The van der Waals surface area contributed by atoms with Crippen LogP contribution < -0.4 is 4.72 Å². The van der Waals surface area contributed by atoms with Crippen LogP contribution in [0.1, 0.15) is 37.4 Å². The topological polar surface area (TPSA) is 108 Å². The molecule has 0 bridgehead atoms. The van der Waals surface area contributed by atoms with Crippen molar-refractivity contribution in [3.63, 3.8) is 0 Å². The standard InChI is InChI=1S/C24H26FN5O4S/c1-3-34-23(31)24-11-16-13-27-30(20-8-5-18(25)6-9-20)22(16)10-17(24)4-7-19(12-24)28-35(32,33)21-14-26-29(2)15-21/h5-6,8-10,13-15,19,28H,3-4,7,11-12H2,1-2H3/t19-,24-/m0/s1. The van der Waals surface area contributed by atoms with Gasteiger partial charge >= 0.3 is 5.97 Å². The molecule has 2 atom stereocenters. The average Bonchev–Trinajstić information content (AvgIpc) is 3.44. The molecule has 0 amide bonds. The molecule has 0 unspecified atom stereocenters. The van der Waals surface area contributed by atoms with Crippen LogP contribution >= 0.6 is 0 Å². The van der Waals surface area contributed by atoms with E-state index in [0.717, 1.165) is 16.8 Å². The summed E-state index contributed by atoms with van der Waals surface area (Å²) in [7, 11) is -2.14. The van der Waals surface area contributed by atoms with Crippen molar-refractivity contribution in [2.75, 3.05) is 6.61 Å². The van der Waals surface area contributed by atoms with Crippen molar-refractivity contribution in [1.29, 1.82) is 0 Å². The van der Waals surface area contributed by atoms with Crippen LogP contribution in [0.2, 0.25) is 0 Å². The zero-order chi connectivity index (χ0) is 24.8. The second kappa shape index (κ2) is 8.72. The van der Waals surface area contributed by atoms with Gasteiger partial charge in [0.15, 0.2) is 0 Å². The molecule has 35 heavy (non-hydrogen) atoms. The number of nitrogens with one attached hydrogen (secondary N) is 1. The van der Waals surface area contributed by atoms with Crippen molar-refractivity contribution >= 4 is 22.1 Å². The van der Waals surface area contributed by atoms with Crippen LogP contribution in [0, 0.1) is 11.2 Å². The van der Waals surface area contributed by atoms with Crippen LogP contribution in [0.4, 0.5) is 4.39 Å². The van der Waals surface area contributed by atoms with Gasteiger partial charge in [-0.25, -0.2) is 22.2 Å². The van der Waals surface area contributed by atoms with E-state index in [2.05, 4.69) is 14.9 Å². The number of fused-ring (bicyclic) bond motifs is 2. The van der Waals surface area contributed by atoms with Crippen LogP contribution in [-0.4, -0.2) is 46.6 Å². The van der Waals surface area contributed by atoms with Crippen LogP contribution in [-0.2, 0) is 33.0 Å². The number of aromatic nitrogens is 4. The highest BCUT2D eigenvalue weighted by atomic mass is 32.2. The van der Waals surface area contributed by atoms with Crippen LogP contribution in [0.15, 0.2) is 53.3 Å². The van der Waals surface area contributed by atoms with Gasteiger partial charge in [0.1, 0.15) is 10.7 Å². The summed E-state index contributed by atoms with van der Waals surface area (Å²) in [5, 5.41) is 8.44. The van der Waals surface area contributed by atoms with Gasteiger partial charge in [-0.05, 0) is 68.5 Å². The molecule has 5 rings (SSSR count). The number of ether oxygens (including phenoxy) is 1. The first-order valence-electron chi connectivity index (χ1n) is 11.4. The highest BCUT2D eigenvalue weighted by molar-refractivity contribution is 7.89. The van der Waals surface area contributed by atoms with Gasteiger partial charge in [-0.3, -0.25) is 9.48 Å². The minimum Gasteiger partial charge on any atom is -0.465 e. The summed E-state index contributed by atoms with van der Waals surface area (Å²) in [5.74, 6) is -0.696. The third-order valence-electron chi connectivity index (χ3n) is 6.71. The summed E-state index contributed by atoms with van der Waals surface area (Å²) >= 11 is 0. The van der Waals surface area contributed by atoms with E-state index in [1.165, 1.54) is 29.2 Å². The molecule has 1 saturated carbocycles. The first-order valence-corrected chi connectivity index (χ1v) is 12.9. The van der Waals surface area contributed by atoms with Gasteiger partial charge in [-0.15, -0.1) is 0 Å². The fourth-order valence-electron chi connectivity index (χ4n) is 5.06. The first-order chi connectivity index (χ1) is 16.7. The van der Waals surface area contributed by atoms with Crippen molar-refractivity contribution in [3.05, 3.63) is 65.5 Å². The molecular formula is C24H26FN5O4S. The number of nitrogens with zero attached hydrogens (tertiary/aromatic N) is 4. The molecule has 0 aliphatic heterocycles. The fourth-order valence-corrected chi connectivity index (χ4v) is 6.31. The summed E-state index contributed by atoms with van der Waals surface area (Å²) in [6.07, 6.45) is 8.08. The monoisotopic (exact) mass is 499 g/mol. The lowest BCUT2D eigenvalue weighted by Crippen LogP contribution is -2.49. The second-order valence-corrected chi connectivity index (χ2v) is 10.7. The van der Waals surface area contributed by atoms with Gasteiger partial charge in [0, 0.05) is 19.3 Å². The van der Waals surface area contributed by atoms with Gasteiger partial charge in [0.05, 0.1) is 35.8 Å². The molecule has 1 fully saturated rings. The van der Waals surface area contributed by atoms with Crippen molar-refractivity contribution < 1.29 is 22.3 Å².